The standard InChI is InChI=1S/C22H25N3OS/c1-14-9-11-18(12-10-14)25-16(3)19(21(26)24(4)5)20(23-22(25)27)17-8-6-7-15(2)13-17/h6-13,20H,1-5H3,(H,23,27). The number of carbonyl (C=O) groups is 1. The third-order valence-corrected chi connectivity index (χ3v) is 5.09. The van der Waals surface area contributed by atoms with E-state index in [1.807, 2.05) is 68.1 Å². The van der Waals surface area contributed by atoms with Crippen LogP contribution in [0, 0.1) is 13.8 Å². The van der Waals surface area contributed by atoms with Crippen molar-refractivity contribution in [1.82, 2.24) is 10.2 Å². The number of anilines is 1. The van der Waals surface area contributed by atoms with Crippen molar-refractivity contribution >= 4 is 28.9 Å². The molecule has 0 aliphatic carbocycles. The second-order valence-corrected chi connectivity index (χ2v) is 7.55. The van der Waals surface area contributed by atoms with Gasteiger partial charge in [-0.2, -0.15) is 0 Å². The lowest BCUT2D eigenvalue weighted by Crippen LogP contribution is -2.49. The molecule has 1 atom stereocenters. The third kappa shape index (κ3) is 3.74. The van der Waals surface area contributed by atoms with Crippen LogP contribution in [0.3, 0.4) is 0 Å². The van der Waals surface area contributed by atoms with Crippen molar-refractivity contribution < 1.29 is 4.79 Å². The van der Waals surface area contributed by atoms with Crippen molar-refractivity contribution in [2.45, 2.75) is 26.8 Å². The lowest BCUT2D eigenvalue weighted by molar-refractivity contribution is -0.125. The number of allylic oxidation sites excluding steroid dienone is 1. The molecule has 3 rings (SSSR count). The van der Waals surface area contributed by atoms with Crippen LogP contribution in [0.5, 0.6) is 0 Å². The Morgan fingerprint density at radius 2 is 1.70 bits per heavy atom. The van der Waals surface area contributed by atoms with Crippen LogP contribution in [0.25, 0.3) is 0 Å². The van der Waals surface area contributed by atoms with E-state index in [9.17, 15) is 4.79 Å². The molecule has 2 aromatic carbocycles. The fourth-order valence-corrected chi connectivity index (χ4v) is 3.73. The van der Waals surface area contributed by atoms with E-state index in [2.05, 4.69) is 11.4 Å². The van der Waals surface area contributed by atoms with Gasteiger partial charge in [-0.1, -0.05) is 47.5 Å². The summed E-state index contributed by atoms with van der Waals surface area (Å²) in [5.74, 6) is -0.0221. The zero-order valence-electron chi connectivity index (χ0n) is 16.4. The van der Waals surface area contributed by atoms with E-state index in [1.165, 1.54) is 5.56 Å². The van der Waals surface area contributed by atoms with Gasteiger partial charge in [-0.25, -0.2) is 0 Å². The van der Waals surface area contributed by atoms with Crippen molar-refractivity contribution in [2.75, 3.05) is 19.0 Å². The van der Waals surface area contributed by atoms with Gasteiger partial charge in [0.1, 0.15) is 0 Å². The fraction of sp³-hybridized carbons (Fsp3) is 0.273. The quantitative estimate of drug-likeness (QED) is 0.815. The van der Waals surface area contributed by atoms with Crippen LogP contribution in [-0.4, -0.2) is 30.0 Å². The second-order valence-electron chi connectivity index (χ2n) is 7.17. The molecule has 140 valence electrons. The van der Waals surface area contributed by atoms with E-state index in [0.717, 1.165) is 22.5 Å². The highest BCUT2D eigenvalue weighted by molar-refractivity contribution is 7.80. The average molecular weight is 380 g/mol. The van der Waals surface area contributed by atoms with Crippen LogP contribution in [0.4, 0.5) is 5.69 Å². The highest BCUT2D eigenvalue weighted by Gasteiger charge is 2.35. The number of carbonyl (C=O) groups excluding carboxylic acids is 1. The van der Waals surface area contributed by atoms with E-state index in [1.54, 1.807) is 19.0 Å². The van der Waals surface area contributed by atoms with E-state index in [0.29, 0.717) is 10.7 Å². The first-order chi connectivity index (χ1) is 12.8. The van der Waals surface area contributed by atoms with Crippen molar-refractivity contribution in [2.24, 2.45) is 0 Å². The first kappa shape index (κ1) is 19.1. The van der Waals surface area contributed by atoms with Gasteiger partial charge in [0, 0.05) is 25.5 Å². The number of hydrogen-bond acceptors (Lipinski definition) is 2. The maximum atomic E-state index is 13.1. The number of rotatable bonds is 3. The highest BCUT2D eigenvalue weighted by atomic mass is 32.1. The van der Waals surface area contributed by atoms with E-state index in [-0.39, 0.29) is 11.9 Å². The largest absolute Gasteiger partial charge is 0.351 e. The van der Waals surface area contributed by atoms with Crippen LogP contribution in [0.2, 0.25) is 0 Å². The van der Waals surface area contributed by atoms with Gasteiger partial charge in [0.25, 0.3) is 5.91 Å². The number of nitrogens with zero attached hydrogens (tertiary/aromatic N) is 2. The molecule has 0 saturated heterocycles. The van der Waals surface area contributed by atoms with Crippen LogP contribution in [-0.2, 0) is 4.79 Å². The minimum atomic E-state index is -0.269. The average Bonchev–Trinajstić information content (AvgIpc) is 2.62. The SMILES string of the molecule is CC1=C(C(=O)N(C)C)C(c2cccc(C)c2)NC(=S)N1c1ccc(C)cc1. The van der Waals surface area contributed by atoms with Gasteiger partial charge in [-0.05, 0) is 50.7 Å². The van der Waals surface area contributed by atoms with Gasteiger partial charge in [0.2, 0.25) is 0 Å². The molecule has 2 aromatic rings. The van der Waals surface area contributed by atoms with Gasteiger partial charge < -0.3 is 10.2 Å². The topological polar surface area (TPSA) is 35.6 Å². The summed E-state index contributed by atoms with van der Waals surface area (Å²) in [5, 5.41) is 3.99. The number of benzene rings is 2. The summed E-state index contributed by atoms with van der Waals surface area (Å²) in [6, 6.07) is 16.1. The van der Waals surface area contributed by atoms with E-state index >= 15 is 0 Å². The Morgan fingerprint density at radius 1 is 1.04 bits per heavy atom. The third-order valence-electron chi connectivity index (χ3n) is 4.79. The molecule has 1 N–H and O–H groups in total. The zero-order chi connectivity index (χ0) is 19.7. The van der Waals surface area contributed by atoms with Crippen molar-refractivity contribution in [1.29, 1.82) is 0 Å². The lowest BCUT2D eigenvalue weighted by atomic mass is 9.93. The predicted molar refractivity (Wildman–Crippen MR) is 115 cm³/mol. The summed E-state index contributed by atoms with van der Waals surface area (Å²) in [6.07, 6.45) is 0. The second kappa shape index (κ2) is 7.53. The predicted octanol–water partition coefficient (Wildman–Crippen LogP) is 4.10. The van der Waals surface area contributed by atoms with Gasteiger partial charge >= 0.3 is 0 Å². The first-order valence-corrected chi connectivity index (χ1v) is 9.36. The molecule has 0 aromatic heterocycles. The maximum absolute atomic E-state index is 13.1. The summed E-state index contributed by atoms with van der Waals surface area (Å²) >= 11 is 5.69. The molecular formula is C22H25N3OS. The van der Waals surface area contributed by atoms with Crippen LogP contribution in [0.1, 0.15) is 29.7 Å². The molecule has 0 bridgehead atoms. The molecule has 1 amide bonds. The zero-order valence-corrected chi connectivity index (χ0v) is 17.2. The van der Waals surface area contributed by atoms with E-state index < -0.39 is 0 Å². The molecule has 1 aliphatic heterocycles. The minimum absolute atomic E-state index is 0.0221. The maximum Gasteiger partial charge on any atom is 0.253 e. The van der Waals surface area contributed by atoms with Crippen LogP contribution < -0.4 is 10.2 Å². The van der Waals surface area contributed by atoms with Gasteiger partial charge in [-0.15, -0.1) is 0 Å². The molecule has 1 aliphatic rings. The molecule has 1 unspecified atom stereocenters. The molecule has 0 saturated carbocycles. The Labute approximate surface area is 166 Å². The fourth-order valence-electron chi connectivity index (χ4n) is 3.37. The Morgan fingerprint density at radius 3 is 2.30 bits per heavy atom. The number of likely N-dealkylation sites (N-methyl/N-ethyl adjacent to an activating group) is 1. The molecule has 0 spiro atoms. The summed E-state index contributed by atoms with van der Waals surface area (Å²) in [5.41, 5.74) is 5.87. The van der Waals surface area contributed by atoms with Crippen molar-refractivity contribution in [3.05, 3.63) is 76.5 Å². The number of thiocarbonyl (C=S) groups is 1. The summed E-state index contributed by atoms with van der Waals surface area (Å²) in [7, 11) is 3.55. The van der Waals surface area contributed by atoms with Crippen molar-refractivity contribution in [3.8, 4) is 0 Å². The molecule has 1 heterocycles. The van der Waals surface area contributed by atoms with E-state index in [4.69, 9.17) is 12.2 Å². The molecular weight excluding hydrogens is 354 g/mol. The molecule has 0 fully saturated rings. The summed E-state index contributed by atoms with van der Waals surface area (Å²) in [4.78, 5) is 16.6. The minimum Gasteiger partial charge on any atom is -0.351 e. The Balaban J connectivity index is 2.16. The normalized spacial score (nSPS) is 17.0. The number of nitrogens with one attached hydrogen (secondary N) is 1. The molecule has 4 nitrogen and oxygen atoms in total. The number of aryl methyl sites for hydroxylation is 2. The highest BCUT2D eigenvalue weighted by Crippen LogP contribution is 2.34. The first-order valence-electron chi connectivity index (χ1n) is 8.96. The molecule has 0 radical (unpaired) electrons. The van der Waals surface area contributed by atoms with Crippen LogP contribution >= 0.6 is 12.2 Å². The van der Waals surface area contributed by atoms with Gasteiger partial charge in [0.15, 0.2) is 5.11 Å². The summed E-state index contributed by atoms with van der Waals surface area (Å²) < 4.78 is 0. The molecule has 27 heavy (non-hydrogen) atoms. The lowest BCUT2D eigenvalue weighted by Gasteiger charge is -2.38. The smallest absolute Gasteiger partial charge is 0.253 e. The van der Waals surface area contributed by atoms with Gasteiger partial charge in [-0.3, -0.25) is 9.69 Å². The van der Waals surface area contributed by atoms with Crippen LogP contribution in [0.15, 0.2) is 59.8 Å². The Bertz CT molecular complexity index is 915. The van der Waals surface area contributed by atoms with Crippen molar-refractivity contribution in [3.63, 3.8) is 0 Å². The molecule has 5 heteroatoms. The Kier molecular flexibility index (Phi) is 5.33. The Hall–Kier alpha value is -2.66. The monoisotopic (exact) mass is 379 g/mol. The number of hydrogen-bond donors (Lipinski definition) is 1. The summed E-state index contributed by atoms with van der Waals surface area (Å²) in [6.45, 7) is 6.06. The van der Waals surface area contributed by atoms with Gasteiger partial charge in [0.05, 0.1) is 11.6 Å². The number of amides is 1.